The van der Waals surface area contributed by atoms with Gasteiger partial charge in [-0.3, -0.25) is 9.59 Å². The Labute approximate surface area is 112 Å². The van der Waals surface area contributed by atoms with Crippen molar-refractivity contribution < 1.29 is 14.3 Å². The van der Waals surface area contributed by atoms with Crippen LogP contribution in [0.3, 0.4) is 0 Å². The number of rotatable bonds is 10. The zero-order valence-corrected chi connectivity index (χ0v) is 12.6. The van der Waals surface area contributed by atoms with E-state index in [1.165, 1.54) is 7.11 Å². The van der Waals surface area contributed by atoms with Crippen molar-refractivity contribution in [2.75, 3.05) is 7.11 Å². The number of esters is 1. The smallest absolute Gasteiger partial charge is 0.305 e. The molecule has 0 heterocycles. The zero-order valence-electron chi connectivity index (χ0n) is 12.6. The monoisotopic (exact) mass is 258 g/mol. The molecule has 0 unspecified atom stereocenters. The lowest BCUT2D eigenvalue weighted by atomic mass is 10.1. The summed E-state index contributed by atoms with van der Waals surface area (Å²) in [5.41, 5.74) is 0. The second-order valence-corrected chi connectivity index (χ2v) is 4.13. The van der Waals surface area contributed by atoms with Gasteiger partial charge in [-0.2, -0.15) is 0 Å². The van der Waals surface area contributed by atoms with Gasteiger partial charge < -0.3 is 4.74 Å². The summed E-state index contributed by atoms with van der Waals surface area (Å²) in [6, 6.07) is 0. The molecule has 3 heteroatoms. The summed E-state index contributed by atoms with van der Waals surface area (Å²) in [7, 11) is 1.42. The first-order valence-electron chi connectivity index (χ1n) is 7.29. The highest BCUT2D eigenvalue weighted by molar-refractivity contribution is 5.78. The molecule has 0 N–H and O–H groups in total. The van der Waals surface area contributed by atoms with Crippen molar-refractivity contribution in [1.82, 2.24) is 0 Å². The Bertz CT molecular complexity index is 200. The molecule has 0 saturated carbocycles. The molecule has 0 radical (unpaired) electrons. The number of ether oxygens (including phenoxy) is 1. The molecule has 0 bridgehead atoms. The molecule has 0 atom stereocenters. The van der Waals surface area contributed by atoms with Crippen LogP contribution in [0.25, 0.3) is 0 Å². The molecule has 18 heavy (non-hydrogen) atoms. The third kappa shape index (κ3) is 15.1. The maximum absolute atomic E-state index is 11.2. The topological polar surface area (TPSA) is 43.4 Å². The van der Waals surface area contributed by atoms with E-state index >= 15 is 0 Å². The quantitative estimate of drug-likeness (QED) is 0.434. The van der Waals surface area contributed by atoms with Crippen LogP contribution in [0.5, 0.6) is 0 Å². The third-order valence-corrected chi connectivity index (χ3v) is 2.59. The molecule has 0 spiro atoms. The van der Waals surface area contributed by atoms with Crippen LogP contribution in [0.2, 0.25) is 0 Å². The van der Waals surface area contributed by atoms with Gasteiger partial charge in [0.1, 0.15) is 5.78 Å². The average Bonchev–Trinajstić information content (AvgIpc) is 2.40. The van der Waals surface area contributed by atoms with Gasteiger partial charge >= 0.3 is 5.97 Å². The van der Waals surface area contributed by atoms with Crippen LogP contribution in [0.1, 0.15) is 78.6 Å². The number of ketones is 1. The number of hydrogen-bond acceptors (Lipinski definition) is 3. The normalized spacial score (nSPS) is 9.33. The van der Waals surface area contributed by atoms with Gasteiger partial charge in [-0.15, -0.1) is 0 Å². The Hall–Kier alpha value is -0.860. The first-order valence-corrected chi connectivity index (χ1v) is 7.29. The Kier molecular flexibility index (Phi) is 17.5. The molecule has 0 aromatic heterocycles. The van der Waals surface area contributed by atoms with Gasteiger partial charge in [0.05, 0.1) is 7.11 Å². The van der Waals surface area contributed by atoms with Crippen LogP contribution in [0.15, 0.2) is 0 Å². The van der Waals surface area contributed by atoms with Crippen LogP contribution in [0.4, 0.5) is 0 Å². The standard InChI is InChI=1S/C13H24O3.C2H6/c1-3-9-12(14)10-7-5-4-6-8-11-13(15)16-2;1-2/h3-11H2,1-2H3;1-2H3. The number of carbonyl (C=O) groups excluding carboxylic acids is 2. The van der Waals surface area contributed by atoms with Crippen LogP contribution in [0, 0.1) is 0 Å². The predicted octanol–water partition coefficient (Wildman–Crippen LogP) is 4.29. The Morgan fingerprint density at radius 2 is 1.33 bits per heavy atom. The van der Waals surface area contributed by atoms with Crippen molar-refractivity contribution in [3.05, 3.63) is 0 Å². The average molecular weight is 258 g/mol. The molecule has 0 aliphatic heterocycles. The summed E-state index contributed by atoms with van der Waals surface area (Å²) in [5.74, 6) is 0.259. The van der Waals surface area contributed by atoms with Gasteiger partial charge in [0.25, 0.3) is 0 Å². The summed E-state index contributed by atoms with van der Waals surface area (Å²) in [6.07, 6.45) is 8.08. The molecule has 0 aromatic carbocycles. The van der Waals surface area contributed by atoms with Crippen molar-refractivity contribution in [2.45, 2.75) is 78.6 Å². The summed E-state index contributed by atoms with van der Waals surface area (Å²) in [4.78, 5) is 22.0. The zero-order chi connectivity index (χ0) is 14.2. The number of hydrogen-bond donors (Lipinski definition) is 0. The first-order chi connectivity index (χ1) is 8.70. The number of Topliss-reactive ketones (excluding diaryl/α,β-unsaturated/α-hetero) is 1. The minimum Gasteiger partial charge on any atom is -0.469 e. The van der Waals surface area contributed by atoms with Gasteiger partial charge in [-0.25, -0.2) is 0 Å². The number of carbonyl (C=O) groups is 2. The number of methoxy groups -OCH3 is 1. The summed E-state index contributed by atoms with van der Waals surface area (Å²) in [6.45, 7) is 6.03. The van der Waals surface area contributed by atoms with Crippen LogP contribution in [-0.4, -0.2) is 18.9 Å². The Morgan fingerprint density at radius 3 is 1.83 bits per heavy atom. The van der Waals surface area contributed by atoms with Crippen LogP contribution in [-0.2, 0) is 14.3 Å². The molecule has 0 fully saturated rings. The highest BCUT2D eigenvalue weighted by atomic mass is 16.5. The van der Waals surface area contributed by atoms with Crippen molar-refractivity contribution in [3.63, 3.8) is 0 Å². The molecule has 3 nitrogen and oxygen atoms in total. The van der Waals surface area contributed by atoms with Gasteiger partial charge in [-0.05, 0) is 19.3 Å². The van der Waals surface area contributed by atoms with Crippen molar-refractivity contribution in [3.8, 4) is 0 Å². The lowest BCUT2D eigenvalue weighted by molar-refractivity contribution is -0.140. The molecule has 0 rings (SSSR count). The molecule has 108 valence electrons. The van der Waals surface area contributed by atoms with Gasteiger partial charge in [0.15, 0.2) is 0 Å². The fourth-order valence-corrected chi connectivity index (χ4v) is 1.63. The summed E-state index contributed by atoms with van der Waals surface area (Å²) >= 11 is 0. The minimum absolute atomic E-state index is 0.127. The SMILES string of the molecule is CC.CCCC(=O)CCCCCCCC(=O)OC. The lowest BCUT2D eigenvalue weighted by Gasteiger charge is -2.01. The summed E-state index contributed by atoms with van der Waals surface area (Å²) < 4.78 is 4.55. The molecule has 0 aliphatic rings. The highest BCUT2D eigenvalue weighted by Crippen LogP contribution is 2.09. The lowest BCUT2D eigenvalue weighted by Crippen LogP contribution is -1.99. The van der Waals surface area contributed by atoms with E-state index in [0.29, 0.717) is 12.2 Å². The second kappa shape index (κ2) is 16.1. The fraction of sp³-hybridized carbons (Fsp3) is 0.867. The molecular formula is C15H30O3. The minimum atomic E-state index is -0.127. The van der Waals surface area contributed by atoms with Gasteiger partial charge in [0, 0.05) is 19.3 Å². The summed E-state index contributed by atoms with van der Waals surface area (Å²) in [5, 5.41) is 0. The van der Waals surface area contributed by atoms with Crippen molar-refractivity contribution >= 4 is 11.8 Å². The van der Waals surface area contributed by atoms with Crippen LogP contribution >= 0.6 is 0 Å². The second-order valence-electron chi connectivity index (χ2n) is 4.13. The molecule has 0 amide bonds. The van der Waals surface area contributed by atoms with Crippen molar-refractivity contribution in [1.29, 1.82) is 0 Å². The Balaban J connectivity index is 0. The van der Waals surface area contributed by atoms with E-state index in [1.807, 2.05) is 20.8 Å². The van der Waals surface area contributed by atoms with E-state index in [0.717, 1.165) is 51.4 Å². The van der Waals surface area contributed by atoms with Gasteiger partial charge in [0.2, 0.25) is 0 Å². The van der Waals surface area contributed by atoms with E-state index in [1.54, 1.807) is 0 Å². The molecule has 0 aromatic rings. The number of unbranched alkanes of at least 4 members (excludes halogenated alkanes) is 4. The highest BCUT2D eigenvalue weighted by Gasteiger charge is 2.01. The maximum atomic E-state index is 11.2. The van der Waals surface area contributed by atoms with E-state index in [4.69, 9.17) is 0 Å². The van der Waals surface area contributed by atoms with E-state index in [2.05, 4.69) is 4.74 Å². The van der Waals surface area contributed by atoms with E-state index in [9.17, 15) is 9.59 Å². The third-order valence-electron chi connectivity index (χ3n) is 2.59. The molecular weight excluding hydrogens is 228 g/mol. The fourth-order valence-electron chi connectivity index (χ4n) is 1.63. The maximum Gasteiger partial charge on any atom is 0.305 e. The first kappa shape index (κ1) is 19.5. The predicted molar refractivity (Wildman–Crippen MR) is 75.6 cm³/mol. The Morgan fingerprint density at radius 1 is 0.833 bits per heavy atom. The largest absolute Gasteiger partial charge is 0.469 e. The van der Waals surface area contributed by atoms with Gasteiger partial charge in [-0.1, -0.05) is 40.0 Å². The molecule has 0 aliphatic carbocycles. The van der Waals surface area contributed by atoms with Crippen LogP contribution < -0.4 is 0 Å². The van der Waals surface area contributed by atoms with E-state index in [-0.39, 0.29) is 5.97 Å². The molecule has 0 saturated heterocycles. The van der Waals surface area contributed by atoms with Crippen molar-refractivity contribution in [2.24, 2.45) is 0 Å². The van der Waals surface area contributed by atoms with E-state index < -0.39 is 0 Å².